The molecule has 0 aliphatic rings. The summed E-state index contributed by atoms with van der Waals surface area (Å²) in [5.41, 5.74) is 12.0. The number of aromatic nitrogens is 1. The Bertz CT molecular complexity index is 501. The number of aliphatic hydroxyl groups is 1. The first-order valence-corrected chi connectivity index (χ1v) is 5.36. The SMILES string of the molecule is NCC(O)(c1ccccc1)c1cnccc1N. The maximum atomic E-state index is 10.7. The number of pyridine rings is 1. The van der Waals surface area contributed by atoms with Gasteiger partial charge in [0.1, 0.15) is 5.60 Å². The Labute approximate surface area is 99.9 Å². The van der Waals surface area contributed by atoms with Gasteiger partial charge in [0.05, 0.1) is 0 Å². The topological polar surface area (TPSA) is 85.2 Å². The molecule has 1 unspecified atom stereocenters. The summed E-state index contributed by atoms with van der Waals surface area (Å²) in [6.45, 7) is 0.0485. The Kier molecular flexibility index (Phi) is 3.08. The lowest BCUT2D eigenvalue weighted by atomic mass is 9.86. The van der Waals surface area contributed by atoms with Gasteiger partial charge in [-0.2, -0.15) is 0 Å². The first-order chi connectivity index (χ1) is 8.18. The molecule has 0 bridgehead atoms. The van der Waals surface area contributed by atoms with Gasteiger partial charge in [0.2, 0.25) is 0 Å². The summed E-state index contributed by atoms with van der Waals surface area (Å²) in [5, 5.41) is 10.7. The van der Waals surface area contributed by atoms with Crippen LogP contribution in [0, 0.1) is 0 Å². The lowest BCUT2D eigenvalue weighted by molar-refractivity contribution is 0.0906. The van der Waals surface area contributed by atoms with Gasteiger partial charge < -0.3 is 16.6 Å². The van der Waals surface area contributed by atoms with Crippen molar-refractivity contribution in [1.29, 1.82) is 0 Å². The molecule has 2 aromatic rings. The first-order valence-electron chi connectivity index (χ1n) is 5.36. The third-order valence-corrected chi connectivity index (χ3v) is 2.85. The van der Waals surface area contributed by atoms with Crippen molar-refractivity contribution in [2.45, 2.75) is 5.60 Å². The minimum atomic E-state index is -1.29. The third-order valence-electron chi connectivity index (χ3n) is 2.85. The fourth-order valence-electron chi connectivity index (χ4n) is 1.85. The molecular formula is C13H15N3O. The Morgan fingerprint density at radius 2 is 1.88 bits per heavy atom. The summed E-state index contributed by atoms with van der Waals surface area (Å²) >= 11 is 0. The van der Waals surface area contributed by atoms with E-state index >= 15 is 0 Å². The molecular weight excluding hydrogens is 214 g/mol. The van der Waals surface area contributed by atoms with E-state index in [9.17, 15) is 5.11 Å². The Morgan fingerprint density at radius 3 is 2.47 bits per heavy atom. The number of nitrogens with two attached hydrogens (primary N) is 2. The molecule has 1 aromatic heterocycles. The van der Waals surface area contributed by atoms with Crippen LogP contribution in [-0.2, 0) is 5.60 Å². The van der Waals surface area contributed by atoms with Gasteiger partial charge in [-0.3, -0.25) is 4.98 Å². The molecule has 0 spiro atoms. The van der Waals surface area contributed by atoms with Crippen molar-refractivity contribution >= 4 is 5.69 Å². The smallest absolute Gasteiger partial charge is 0.130 e. The fourth-order valence-corrected chi connectivity index (χ4v) is 1.85. The second kappa shape index (κ2) is 4.53. The van der Waals surface area contributed by atoms with Crippen molar-refractivity contribution in [3.05, 3.63) is 59.9 Å². The molecule has 4 heteroatoms. The third kappa shape index (κ3) is 2.00. The summed E-state index contributed by atoms with van der Waals surface area (Å²) < 4.78 is 0. The zero-order valence-corrected chi connectivity index (χ0v) is 9.38. The standard InChI is InChI=1S/C13H15N3O/c14-9-13(17,10-4-2-1-3-5-10)11-8-16-7-6-12(11)15/h1-8,17H,9,14H2,(H2,15,16). The summed E-state index contributed by atoms with van der Waals surface area (Å²) in [5.74, 6) is 0. The van der Waals surface area contributed by atoms with Crippen molar-refractivity contribution in [3.8, 4) is 0 Å². The predicted octanol–water partition coefficient (Wildman–Crippen LogP) is 0.858. The Hall–Kier alpha value is -1.91. The summed E-state index contributed by atoms with van der Waals surface area (Å²) in [6, 6.07) is 10.9. The molecule has 1 atom stereocenters. The molecule has 0 fully saturated rings. The van der Waals surface area contributed by atoms with E-state index in [2.05, 4.69) is 4.98 Å². The number of nitrogen functional groups attached to an aromatic ring is 1. The number of nitrogens with zero attached hydrogens (tertiary/aromatic N) is 1. The van der Waals surface area contributed by atoms with Gasteiger partial charge in [0.15, 0.2) is 0 Å². The van der Waals surface area contributed by atoms with Gasteiger partial charge in [-0.15, -0.1) is 0 Å². The minimum Gasteiger partial charge on any atom is -0.398 e. The summed E-state index contributed by atoms with van der Waals surface area (Å²) in [6.07, 6.45) is 3.13. The van der Waals surface area contributed by atoms with Crippen LogP contribution in [0.25, 0.3) is 0 Å². The molecule has 1 heterocycles. The minimum absolute atomic E-state index is 0.0485. The zero-order valence-electron chi connectivity index (χ0n) is 9.38. The maximum absolute atomic E-state index is 10.7. The highest BCUT2D eigenvalue weighted by Gasteiger charge is 2.31. The van der Waals surface area contributed by atoms with Gasteiger partial charge in [0.25, 0.3) is 0 Å². The Balaban J connectivity index is 2.56. The zero-order chi connectivity index (χ0) is 12.3. The quantitative estimate of drug-likeness (QED) is 0.728. The van der Waals surface area contributed by atoms with Crippen LogP contribution in [0.4, 0.5) is 5.69 Å². The van der Waals surface area contributed by atoms with Gasteiger partial charge in [0, 0.05) is 30.2 Å². The molecule has 0 aliphatic carbocycles. The fraction of sp³-hybridized carbons (Fsp3) is 0.154. The molecule has 88 valence electrons. The monoisotopic (exact) mass is 229 g/mol. The second-order valence-corrected chi connectivity index (χ2v) is 3.89. The van der Waals surface area contributed by atoms with Crippen LogP contribution in [0.2, 0.25) is 0 Å². The molecule has 0 saturated heterocycles. The van der Waals surface area contributed by atoms with Gasteiger partial charge in [-0.05, 0) is 11.6 Å². The van der Waals surface area contributed by atoms with E-state index in [-0.39, 0.29) is 6.54 Å². The molecule has 0 aliphatic heterocycles. The average molecular weight is 229 g/mol. The Morgan fingerprint density at radius 1 is 1.18 bits per heavy atom. The van der Waals surface area contributed by atoms with Crippen molar-refractivity contribution in [2.75, 3.05) is 12.3 Å². The van der Waals surface area contributed by atoms with Crippen molar-refractivity contribution in [1.82, 2.24) is 4.98 Å². The molecule has 1 aromatic carbocycles. The van der Waals surface area contributed by atoms with E-state index in [4.69, 9.17) is 11.5 Å². The highest BCUT2D eigenvalue weighted by molar-refractivity contribution is 5.52. The summed E-state index contributed by atoms with van der Waals surface area (Å²) in [7, 11) is 0. The van der Waals surface area contributed by atoms with Crippen LogP contribution in [0.3, 0.4) is 0 Å². The maximum Gasteiger partial charge on any atom is 0.130 e. The average Bonchev–Trinajstić information content (AvgIpc) is 2.39. The van der Waals surface area contributed by atoms with Gasteiger partial charge in [-0.25, -0.2) is 0 Å². The number of rotatable bonds is 3. The van der Waals surface area contributed by atoms with Crippen LogP contribution in [-0.4, -0.2) is 16.6 Å². The van der Waals surface area contributed by atoms with E-state index in [0.717, 1.165) is 0 Å². The van der Waals surface area contributed by atoms with Crippen LogP contribution >= 0.6 is 0 Å². The normalized spacial score (nSPS) is 14.2. The first kappa shape index (κ1) is 11.6. The molecule has 17 heavy (non-hydrogen) atoms. The molecule has 0 saturated carbocycles. The van der Waals surface area contributed by atoms with E-state index in [1.54, 1.807) is 18.5 Å². The van der Waals surface area contributed by atoms with E-state index in [1.165, 1.54) is 0 Å². The number of benzene rings is 1. The summed E-state index contributed by atoms with van der Waals surface area (Å²) in [4.78, 5) is 3.99. The number of hydrogen-bond acceptors (Lipinski definition) is 4. The number of hydrogen-bond donors (Lipinski definition) is 3. The van der Waals surface area contributed by atoms with E-state index < -0.39 is 5.60 Å². The number of anilines is 1. The predicted molar refractivity (Wildman–Crippen MR) is 67.1 cm³/mol. The second-order valence-electron chi connectivity index (χ2n) is 3.89. The van der Waals surface area contributed by atoms with Gasteiger partial charge in [-0.1, -0.05) is 30.3 Å². The largest absolute Gasteiger partial charge is 0.398 e. The lowest BCUT2D eigenvalue weighted by Gasteiger charge is -2.28. The van der Waals surface area contributed by atoms with E-state index in [1.807, 2.05) is 30.3 Å². The molecule has 2 rings (SSSR count). The molecule has 0 amide bonds. The van der Waals surface area contributed by atoms with Crippen molar-refractivity contribution in [2.24, 2.45) is 5.73 Å². The van der Waals surface area contributed by atoms with Crippen LogP contribution in [0.5, 0.6) is 0 Å². The molecule has 4 nitrogen and oxygen atoms in total. The van der Waals surface area contributed by atoms with E-state index in [0.29, 0.717) is 16.8 Å². The molecule has 5 N–H and O–H groups in total. The van der Waals surface area contributed by atoms with Crippen molar-refractivity contribution in [3.63, 3.8) is 0 Å². The highest BCUT2D eigenvalue weighted by Crippen LogP contribution is 2.31. The molecule has 0 radical (unpaired) electrons. The lowest BCUT2D eigenvalue weighted by Crippen LogP contribution is -2.36. The van der Waals surface area contributed by atoms with Crippen molar-refractivity contribution < 1.29 is 5.11 Å². The van der Waals surface area contributed by atoms with Crippen LogP contribution in [0.1, 0.15) is 11.1 Å². The highest BCUT2D eigenvalue weighted by atomic mass is 16.3. The van der Waals surface area contributed by atoms with Gasteiger partial charge >= 0.3 is 0 Å². The van der Waals surface area contributed by atoms with Crippen LogP contribution in [0.15, 0.2) is 48.8 Å². The van der Waals surface area contributed by atoms with Crippen LogP contribution < -0.4 is 11.5 Å².